The van der Waals surface area contributed by atoms with Crippen molar-refractivity contribution in [3.63, 3.8) is 0 Å². The number of benzene rings is 1. The van der Waals surface area contributed by atoms with Gasteiger partial charge in [0.25, 0.3) is 0 Å². The average molecular weight is 332 g/mol. The van der Waals surface area contributed by atoms with Gasteiger partial charge in [-0.1, -0.05) is 29.6 Å². The summed E-state index contributed by atoms with van der Waals surface area (Å²) in [5.41, 5.74) is 0.384. The van der Waals surface area contributed by atoms with Gasteiger partial charge in [-0.3, -0.25) is 9.10 Å². The van der Waals surface area contributed by atoms with E-state index in [-0.39, 0.29) is 22.6 Å². The summed E-state index contributed by atoms with van der Waals surface area (Å²) >= 11 is 9.89. The zero-order valence-corrected chi connectivity index (χ0v) is 12.7. The van der Waals surface area contributed by atoms with Crippen LogP contribution in [0.1, 0.15) is 12.8 Å². The van der Waals surface area contributed by atoms with Gasteiger partial charge in [-0.15, -0.1) is 0 Å². The van der Waals surface area contributed by atoms with Gasteiger partial charge in [0.2, 0.25) is 11.6 Å². The lowest BCUT2D eigenvalue weighted by atomic mass is 9.93. The standard InChI is InChI=1S/C13H15ClFN3O2S/c14-10-7-9(1-2-11(10)15)16-13(17-20)12(19)8-3-5-18(21)6-4-8/h1-2,7-8,20-21H,3-6H2,(H,16,17). The number of hydrogen-bond donors (Lipinski definition) is 3. The van der Waals surface area contributed by atoms with Gasteiger partial charge in [0.05, 0.1) is 5.02 Å². The number of hydrogen-bond acceptors (Lipinski definition) is 5. The molecule has 1 aromatic carbocycles. The first-order valence-corrected chi connectivity index (χ1v) is 7.21. The van der Waals surface area contributed by atoms with E-state index in [1.54, 1.807) is 0 Å². The molecule has 0 aliphatic carbocycles. The Hall–Kier alpha value is -1.31. The second-order valence-corrected chi connectivity index (χ2v) is 5.77. The van der Waals surface area contributed by atoms with Crippen molar-refractivity contribution in [3.05, 3.63) is 29.0 Å². The van der Waals surface area contributed by atoms with Gasteiger partial charge >= 0.3 is 0 Å². The van der Waals surface area contributed by atoms with Crippen LogP contribution in [0, 0.1) is 11.7 Å². The topological polar surface area (TPSA) is 64.9 Å². The zero-order valence-electron chi connectivity index (χ0n) is 11.1. The Morgan fingerprint density at radius 1 is 1.48 bits per heavy atom. The third kappa shape index (κ3) is 4.09. The number of ketones is 1. The molecule has 1 aliphatic rings. The van der Waals surface area contributed by atoms with Gasteiger partial charge in [0.1, 0.15) is 5.82 Å². The van der Waals surface area contributed by atoms with E-state index in [1.165, 1.54) is 18.2 Å². The molecule has 1 heterocycles. The Labute approximate surface area is 132 Å². The van der Waals surface area contributed by atoms with Crippen molar-refractivity contribution in [1.29, 1.82) is 0 Å². The maximum Gasteiger partial charge on any atom is 0.213 e. The summed E-state index contributed by atoms with van der Waals surface area (Å²) in [4.78, 5) is 12.3. The lowest BCUT2D eigenvalue weighted by Crippen LogP contribution is -2.36. The maximum absolute atomic E-state index is 13.1. The molecule has 1 aromatic rings. The molecular weight excluding hydrogens is 317 g/mol. The molecule has 0 bridgehead atoms. The number of thiol groups is 1. The molecule has 2 N–H and O–H groups in total. The fraction of sp³-hybridized carbons (Fsp3) is 0.385. The minimum absolute atomic E-state index is 0.0758. The Morgan fingerprint density at radius 3 is 2.71 bits per heavy atom. The molecule has 0 atom stereocenters. The quantitative estimate of drug-likeness (QED) is 0.262. The van der Waals surface area contributed by atoms with E-state index in [9.17, 15) is 9.18 Å². The van der Waals surface area contributed by atoms with Crippen molar-refractivity contribution in [2.45, 2.75) is 12.8 Å². The molecule has 1 fully saturated rings. The molecule has 0 spiro atoms. The summed E-state index contributed by atoms with van der Waals surface area (Å²) in [6.07, 6.45) is 1.29. The Balaban J connectivity index is 2.05. The largest absolute Gasteiger partial charge is 0.409 e. The first-order chi connectivity index (χ1) is 10.0. The molecule has 2 rings (SSSR count). The van der Waals surface area contributed by atoms with Gasteiger partial charge in [-0.2, -0.15) is 0 Å². The molecule has 21 heavy (non-hydrogen) atoms. The van der Waals surface area contributed by atoms with Crippen LogP contribution in [0.25, 0.3) is 0 Å². The van der Waals surface area contributed by atoms with E-state index in [0.717, 1.165) is 0 Å². The Bertz CT molecular complexity index is 562. The van der Waals surface area contributed by atoms with Crippen LogP contribution in [-0.4, -0.2) is 34.2 Å². The molecule has 114 valence electrons. The van der Waals surface area contributed by atoms with E-state index in [2.05, 4.69) is 23.3 Å². The normalized spacial score (nSPS) is 17.8. The summed E-state index contributed by atoms with van der Waals surface area (Å²) < 4.78 is 14.9. The van der Waals surface area contributed by atoms with E-state index in [0.29, 0.717) is 31.6 Å². The monoisotopic (exact) mass is 331 g/mol. The highest BCUT2D eigenvalue weighted by molar-refractivity contribution is 7.77. The fourth-order valence-electron chi connectivity index (χ4n) is 2.17. The number of nitrogens with one attached hydrogen (secondary N) is 1. The minimum atomic E-state index is -0.558. The lowest BCUT2D eigenvalue weighted by molar-refractivity contribution is -0.117. The van der Waals surface area contributed by atoms with Gasteiger partial charge in [0, 0.05) is 24.7 Å². The van der Waals surface area contributed by atoms with Crippen molar-refractivity contribution >= 4 is 41.7 Å². The summed E-state index contributed by atoms with van der Waals surface area (Å²) in [5, 5.41) is 14.6. The fourth-order valence-corrected chi connectivity index (χ4v) is 2.58. The summed E-state index contributed by atoms with van der Waals surface area (Å²) in [6, 6.07) is 3.91. The maximum atomic E-state index is 13.1. The molecular formula is C13H15ClFN3O2S. The summed E-state index contributed by atoms with van der Waals surface area (Å²) in [5.74, 6) is -1.23. The molecule has 5 nitrogen and oxygen atoms in total. The van der Waals surface area contributed by atoms with Crippen molar-refractivity contribution in [3.8, 4) is 0 Å². The van der Waals surface area contributed by atoms with Gasteiger partial charge in [0.15, 0.2) is 0 Å². The minimum Gasteiger partial charge on any atom is -0.409 e. The highest BCUT2D eigenvalue weighted by atomic mass is 35.5. The first kappa shape index (κ1) is 16.1. The predicted octanol–water partition coefficient (Wildman–Crippen LogP) is 2.80. The van der Waals surface area contributed by atoms with Crippen LogP contribution < -0.4 is 5.32 Å². The van der Waals surface area contributed by atoms with Crippen molar-refractivity contribution in [1.82, 2.24) is 4.31 Å². The van der Waals surface area contributed by atoms with E-state index in [1.807, 2.05) is 4.31 Å². The first-order valence-electron chi connectivity index (χ1n) is 6.43. The molecule has 0 unspecified atom stereocenters. The second-order valence-electron chi connectivity index (χ2n) is 4.79. The number of rotatable bonds is 3. The van der Waals surface area contributed by atoms with Crippen LogP contribution in [0.2, 0.25) is 5.02 Å². The van der Waals surface area contributed by atoms with E-state index in [4.69, 9.17) is 16.8 Å². The SMILES string of the molecule is O=C(/C(=N/O)Nc1ccc(F)c(Cl)c1)C1CCN(S)CC1. The number of carbonyl (C=O) groups excluding carboxylic acids is 1. The van der Waals surface area contributed by atoms with Gasteiger partial charge in [-0.05, 0) is 31.0 Å². The number of amidine groups is 1. The number of halogens is 2. The van der Waals surface area contributed by atoms with Crippen molar-refractivity contribution < 1.29 is 14.4 Å². The summed E-state index contributed by atoms with van der Waals surface area (Å²) in [6.45, 7) is 1.39. The average Bonchev–Trinajstić information content (AvgIpc) is 2.48. The highest BCUT2D eigenvalue weighted by Gasteiger charge is 2.27. The van der Waals surface area contributed by atoms with Crippen LogP contribution in [0.15, 0.2) is 23.4 Å². The number of carbonyl (C=O) groups is 1. The van der Waals surface area contributed by atoms with Crippen LogP contribution in [0.3, 0.4) is 0 Å². The van der Waals surface area contributed by atoms with Crippen LogP contribution in [0.5, 0.6) is 0 Å². The third-order valence-corrected chi connectivity index (χ3v) is 4.05. The molecule has 0 amide bonds. The van der Waals surface area contributed by atoms with Gasteiger partial charge < -0.3 is 10.5 Å². The summed E-state index contributed by atoms with van der Waals surface area (Å²) in [7, 11) is 0. The molecule has 0 aromatic heterocycles. The highest BCUT2D eigenvalue weighted by Crippen LogP contribution is 2.22. The third-order valence-electron chi connectivity index (χ3n) is 3.36. The second kappa shape index (κ2) is 7.11. The molecule has 1 aliphatic heterocycles. The van der Waals surface area contributed by atoms with Crippen molar-refractivity contribution in [2.24, 2.45) is 11.1 Å². The Kier molecular flexibility index (Phi) is 5.44. The lowest BCUT2D eigenvalue weighted by Gasteiger charge is -2.27. The van der Waals surface area contributed by atoms with Crippen LogP contribution >= 0.6 is 24.4 Å². The number of Topliss-reactive ketones (excluding diaryl/α,β-unsaturated/α-hetero) is 1. The van der Waals surface area contributed by atoms with Crippen LogP contribution in [0.4, 0.5) is 10.1 Å². The van der Waals surface area contributed by atoms with E-state index < -0.39 is 5.82 Å². The van der Waals surface area contributed by atoms with Gasteiger partial charge in [-0.25, -0.2) is 4.39 Å². The van der Waals surface area contributed by atoms with Crippen LogP contribution in [-0.2, 0) is 4.79 Å². The predicted molar refractivity (Wildman–Crippen MR) is 82.5 cm³/mol. The zero-order chi connectivity index (χ0) is 15.4. The Morgan fingerprint density at radius 2 is 2.14 bits per heavy atom. The number of oxime groups is 1. The van der Waals surface area contributed by atoms with Crippen molar-refractivity contribution in [2.75, 3.05) is 18.4 Å². The molecule has 1 saturated heterocycles. The molecule has 0 radical (unpaired) electrons. The number of anilines is 1. The number of piperidine rings is 1. The molecule has 0 saturated carbocycles. The molecule has 8 heteroatoms. The smallest absolute Gasteiger partial charge is 0.213 e. The number of nitrogens with zero attached hydrogens (tertiary/aromatic N) is 2. The van der Waals surface area contributed by atoms with E-state index >= 15 is 0 Å².